The number of hydrogen-bond donors (Lipinski definition) is 2. The predicted octanol–water partition coefficient (Wildman–Crippen LogP) is 2.86. The second kappa shape index (κ2) is 11.1. The van der Waals surface area contributed by atoms with Crippen molar-refractivity contribution in [3.63, 3.8) is 0 Å². The number of likely N-dealkylation sites (tertiary alicyclic amines) is 1. The summed E-state index contributed by atoms with van der Waals surface area (Å²) in [6.07, 6.45) is 4.28. The van der Waals surface area contributed by atoms with Gasteiger partial charge in [-0.25, -0.2) is 4.39 Å². The van der Waals surface area contributed by atoms with Crippen molar-refractivity contribution >= 4 is 29.9 Å². The fourth-order valence-electron chi connectivity index (χ4n) is 3.67. The molecular formula is C19H28Cl2FN3O2. The normalized spacial score (nSPS) is 22.9. The van der Waals surface area contributed by atoms with Gasteiger partial charge in [0.2, 0.25) is 5.91 Å². The largest absolute Gasteiger partial charge is 0.491 e. The first kappa shape index (κ1) is 22.2. The molecule has 8 heteroatoms. The van der Waals surface area contributed by atoms with Gasteiger partial charge in [0, 0.05) is 19.6 Å². The Morgan fingerprint density at radius 2 is 2.22 bits per heavy atom. The van der Waals surface area contributed by atoms with E-state index in [0.717, 1.165) is 58.4 Å². The van der Waals surface area contributed by atoms with Gasteiger partial charge in [0.15, 0.2) is 0 Å². The summed E-state index contributed by atoms with van der Waals surface area (Å²) in [7, 11) is 0. The van der Waals surface area contributed by atoms with Gasteiger partial charge >= 0.3 is 0 Å². The van der Waals surface area contributed by atoms with E-state index < -0.39 is 0 Å². The molecule has 0 spiro atoms. The second-order valence-corrected chi connectivity index (χ2v) is 7.53. The fourth-order valence-corrected chi connectivity index (χ4v) is 3.90. The lowest BCUT2D eigenvalue weighted by atomic mass is 9.98. The maximum Gasteiger partial charge on any atom is 0.237 e. The summed E-state index contributed by atoms with van der Waals surface area (Å²) in [4.78, 5) is 14.5. The van der Waals surface area contributed by atoms with E-state index in [9.17, 15) is 9.18 Å². The Morgan fingerprint density at radius 3 is 2.96 bits per heavy atom. The zero-order chi connectivity index (χ0) is 18.4. The molecule has 2 N–H and O–H groups in total. The minimum atomic E-state index is -0.365. The molecule has 1 aromatic rings. The molecule has 2 aliphatic rings. The molecule has 0 aliphatic carbocycles. The van der Waals surface area contributed by atoms with Crippen molar-refractivity contribution in [3.05, 3.63) is 29.0 Å². The Bertz CT molecular complexity index is 615. The van der Waals surface area contributed by atoms with Gasteiger partial charge < -0.3 is 15.4 Å². The van der Waals surface area contributed by atoms with Crippen LogP contribution in [0.4, 0.5) is 4.39 Å². The van der Waals surface area contributed by atoms with E-state index >= 15 is 0 Å². The number of rotatable bonds is 7. The molecule has 2 heterocycles. The topological polar surface area (TPSA) is 53.6 Å². The Morgan fingerprint density at radius 1 is 1.37 bits per heavy atom. The summed E-state index contributed by atoms with van der Waals surface area (Å²) < 4.78 is 18.7. The van der Waals surface area contributed by atoms with Gasteiger partial charge in [-0.3, -0.25) is 9.69 Å². The van der Waals surface area contributed by atoms with Gasteiger partial charge in [-0.2, -0.15) is 0 Å². The standard InChI is InChI=1S/C19H27ClFN3O2.ClH/c20-16-11-15(21)5-6-18(16)26-10-9-24-8-2-3-14(13-24)12-23-19(25)17-4-1-7-22-17;/h5-6,11,14,17,22H,1-4,7-10,12-13H2,(H,23,25);1H. The van der Waals surface area contributed by atoms with Gasteiger partial charge in [-0.15, -0.1) is 12.4 Å². The van der Waals surface area contributed by atoms with E-state index in [2.05, 4.69) is 15.5 Å². The molecule has 0 saturated carbocycles. The molecule has 0 bridgehead atoms. The van der Waals surface area contributed by atoms with Gasteiger partial charge in [-0.05, 0) is 62.9 Å². The van der Waals surface area contributed by atoms with Gasteiger partial charge in [-0.1, -0.05) is 11.6 Å². The molecule has 1 aromatic carbocycles. The number of nitrogens with one attached hydrogen (secondary N) is 2. The minimum Gasteiger partial charge on any atom is -0.491 e. The van der Waals surface area contributed by atoms with E-state index in [4.69, 9.17) is 16.3 Å². The third kappa shape index (κ3) is 6.79. The van der Waals surface area contributed by atoms with Crippen LogP contribution in [0.2, 0.25) is 5.02 Å². The van der Waals surface area contributed by atoms with E-state index in [1.165, 1.54) is 12.1 Å². The highest BCUT2D eigenvalue weighted by molar-refractivity contribution is 6.32. The number of carbonyl (C=O) groups excluding carboxylic acids is 1. The average molecular weight is 420 g/mol. The number of halogens is 3. The van der Waals surface area contributed by atoms with Crippen LogP contribution in [-0.2, 0) is 4.79 Å². The predicted molar refractivity (Wildman–Crippen MR) is 107 cm³/mol. The van der Waals surface area contributed by atoms with E-state index in [1.807, 2.05) is 0 Å². The fraction of sp³-hybridized carbons (Fsp3) is 0.632. The number of hydrogen-bond acceptors (Lipinski definition) is 4. The quantitative estimate of drug-likeness (QED) is 0.713. The number of piperidine rings is 1. The highest BCUT2D eigenvalue weighted by Gasteiger charge is 2.24. The number of carbonyl (C=O) groups is 1. The lowest BCUT2D eigenvalue weighted by Crippen LogP contribution is -2.46. The van der Waals surface area contributed by atoms with Crippen LogP contribution in [0, 0.1) is 11.7 Å². The Balaban J connectivity index is 0.00000261. The lowest BCUT2D eigenvalue weighted by molar-refractivity contribution is -0.123. The summed E-state index contributed by atoms with van der Waals surface area (Å²) in [6, 6.07) is 4.16. The SMILES string of the molecule is Cl.O=C(NCC1CCCN(CCOc2ccc(F)cc2Cl)C1)C1CCCN1. The molecule has 3 rings (SSSR count). The maximum atomic E-state index is 13.0. The van der Waals surface area contributed by atoms with Crippen LogP contribution >= 0.6 is 24.0 Å². The van der Waals surface area contributed by atoms with Gasteiger partial charge in [0.1, 0.15) is 18.2 Å². The number of ether oxygens (including phenoxy) is 1. The first-order chi connectivity index (χ1) is 12.6. The summed E-state index contributed by atoms with van der Waals surface area (Å²) in [5.74, 6) is 0.756. The first-order valence-electron chi connectivity index (χ1n) is 9.43. The summed E-state index contributed by atoms with van der Waals surface area (Å²) in [5, 5.41) is 6.62. The molecule has 1 amide bonds. The van der Waals surface area contributed by atoms with E-state index in [1.54, 1.807) is 6.07 Å². The zero-order valence-electron chi connectivity index (χ0n) is 15.4. The lowest BCUT2D eigenvalue weighted by Gasteiger charge is -2.32. The molecule has 0 aromatic heterocycles. The molecule has 27 heavy (non-hydrogen) atoms. The van der Waals surface area contributed by atoms with Crippen LogP contribution in [0.15, 0.2) is 18.2 Å². The average Bonchev–Trinajstić information content (AvgIpc) is 3.17. The van der Waals surface area contributed by atoms with Crippen molar-refractivity contribution in [2.24, 2.45) is 5.92 Å². The van der Waals surface area contributed by atoms with Crippen LogP contribution in [0.25, 0.3) is 0 Å². The third-order valence-electron chi connectivity index (χ3n) is 5.10. The summed E-state index contributed by atoms with van der Waals surface area (Å²) in [6.45, 7) is 4.97. The third-order valence-corrected chi connectivity index (χ3v) is 5.40. The monoisotopic (exact) mass is 419 g/mol. The van der Waals surface area contributed by atoms with Crippen molar-refractivity contribution in [3.8, 4) is 5.75 Å². The molecule has 152 valence electrons. The van der Waals surface area contributed by atoms with Crippen molar-refractivity contribution < 1.29 is 13.9 Å². The van der Waals surface area contributed by atoms with E-state index in [0.29, 0.717) is 23.3 Å². The van der Waals surface area contributed by atoms with Crippen molar-refractivity contribution in [2.75, 3.05) is 39.3 Å². The summed E-state index contributed by atoms with van der Waals surface area (Å²) >= 11 is 5.97. The molecular weight excluding hydrogens is 392 g/mol. The number of amides is 1. The Labute approximate surface area is 171 Å². The Kier molecular flexibility index (Phi) is 9.09. The van der Waals surface area contributed by atoms with Gasteiger partial charge in [0.05, 0.1) is 11.1 Å². The molecule has 2 aliphatic heterocycles. The van der Waals surface area contributed by atoms with Gasteiger partial charge in [0.25, 0.3) is 0 Å². The highest BCUT2D eigenvalue weighted by Crippen LogP contribution is 2.25. The minimum absolute atomic E-state index is 0. The first-order valence-corrected chi connectivity index (χ1v) is 9.81. The molecule has 2 atom stereocenters. The van der Waals surface area contributed by atoms with Crippen LogP contribution in [0.3, 0.4) is 0 Å². The highest BCUT2D eigenvalue weighted by atomic mass is 35.5. The molecule has 5 nitrogen and oxygen atoms in total. The molecule has 2 saturated heterocycles. The molecule has 2 fully saturated rings. The van der Waals surface area contributed by atoms with E-state index in [-0.39, 0.29) is 30.2 Å². The van der Waals surface area contributed by atoms with Crippen molar-refractivity contribution in [1.82, 2.24) is 15.5 Å². The van der Waals surface area contributed by atoms with Crippen LogP contribution in [0.5, 0.6) is 5.75 Å². The molecule has 2 unspecified atom stereocenters. The second-order valence-electron chi connectivity index (χ2n) is 7.13. The van der Waals surface area contributed by atoms with Crippen molar-refractivity contribution in [1.29, 1.82) is 0 Å². The Hall–Kier alpha value is -1.08. The van der Waals surface area contributed by atoms with Crippen LogP contribution in [0.1, 0.15) is 25.7 Å². The smallest absolute Gasteiger partial charge is 0.237 e. The zero-order valence-corrected chi connectivity index (χ0v) is 17.0. The number of benzene rings is 1. The number of nitrogens with zero attached hydrogens (tertiary/aromatic N) is 1. The maximum absolute atomic E-state index is 13.0. The van der Waals surface area contributed by atoms with Crippen LogP contribution in [-0.4, -0.2) is 56.2 Å². The summed E-state index contributed by atoms with van der Waals surface area (Å²) in [5.41, 5.74) is 0. The van der Waals surface area contributed by atoms with Crippen molar-refractivity contribution in [2.45, 2.75) is 31.7 Å². The molecule has 0 radical (unpaired) electrons. The van der Waals surface area contributed by atoms with Crippen LogP contribution < -0.4 is 15.4 Å².